The summed E-state index contributed by atoms with van der Waals surface area (Å²) >= 11 is 0. The van der Waals surface area contributed by atoms with Crippen molar-refractivity contribution in [3.8, 4) is 0 Å². The van der Waals surface area contributed by atoms with Crippen molar-refractivity contribution >= 4 is 6.98 Å². The standard InChI is InChI=1S/C8H17BF3N2.K/c1-13-4-3-8(5-13)6-14(2)7-9(10,11)12;/h8H,3-7H2,1-2H3;/q-1;+1. The van der Waals surface area contributed by atoms with Gasteiger partial charge in [-0.05, 0) is 46.0 Å². The summed E-state index contributed by atoms with van der Waals surface area (Å²) < 4.78 is 36.2. The molecule has 1 saturated heterocycles. The average molecular weight is 248 g/mol. The van der Waals surface area contributed by atoms with Crippen LogP contribution in [0.3, 0.4) is 0 Å². The van der Waals surface area contributed by atoms with Gasteiger partial charge in [-0.25, -0.2) is 0 Å². The van der Waals surface area contributed by atoms with E-state index in [4.69, 9.17) is 0 Å². The molecule has 1 aliphatic heterocycles. The minimum absolute atomic E-state index is 0. The van der Waals surface area contributed by atoms with Crippen molar-refractivity contribution < 1.29 is 64.3 Å². The van der Waals surface area contributed by atoms with E-state index in [9.17, 15) is 12.9 Å². The Bertz CT molecular complexity index is 191. The fourth-order valence-electron chi connectivity index (χ4n) is 2.04. The molecular weight excluding hydrogens is 231 g/mol. The molecule has 0 bridgehead atoms. The zero-order valence-electron chi connectivity index (χ0n) is 9.72. The maximum Gasteiger partial charge on any atom is 1.00 e. The van der Waals surface area contributed by atoms with Gasteiger partial charge >= 0.3 is 58.4 Å². The first-order chi connectivity index (χ1) is 6.37. The van der Waals surface area contributed by atoms with Crippen LogP contribution in [0.1, 0.15) is 6.42 Å². The fraction of sp³-hybridized carbons (Fsp3) is 1.00. The molecule has 1 unspecified atom stereocenters. The van der Waals surface area contributed by atoms with Gasteiger partial charge in [-0.1, -0.05) is 0 Å². The molecule has 84 valence electrons. The molecule has 15 heavy (non-hydrogen) atoms. The SMILES string of the molecule is CN1CCC(CN(C)C[B-](F)(F)F)C1.[K+]. The summed E-state index contributed by atoms with van der Waals surface area (Å²) in [5, 5.41) is 0. The molecule has 0 saturated carbocycles. The monoisotopic (exact) mass is 248 g/mol. The summed E-state index contributed by atoms with van der Waals surface area (Å²) in [6.07, 6.45) is 0.284. The van der Waals surface area contributed by atoms with Gasteiger partial charge in [0.25, 0.3) is 0 Å². The van der Waals surface area contributed by atoms with Gasteiger partial charge in [0.15, 0.2) is 0 Å². The Morgan fingerprint density at radius 1 is 1.40 bits per heavy atom. The Morgan fingerprint density at radius 3 is 2.40 bits per heavy atom. The number of halogens is 3. The van der Waals surface area contributed by atoms with Gasteiger partial charge in [0.05, 0.1) is 0 Å². The Kier molecular flexibility index (Phi) is 7.64. The molecule has 0 aromatic carbocycles. The summed E-state index contributed by atoms with van der Waals surface area (Å²) in [4.78, 5) is 3.56. The molecule has 1 rings (SSSR count). The second-order valence-corrected chi connectivity index (χ2v) is 4.35. The number of nitrogens with zero attached hydrogens (tertiary/aromatic N) is 2. The largest absolute Gasteiger partial charge is 1.00 e. The summed E-state index contributed by atoms with van der Waals surface area (Å²) in [6.45, 7) is -2.17. The van der Waals surface area contributed by atoms with E-state index in [1.807, 2.05) is 7.05 Å². The first-order valence-electron chi connectivity index (χ1n) is 4.95. The molecule has 0 N–H and O–H groups in total. The quantitative estimate of drug-likeness (QED) is 0.545. The Hall–Kier alpha value is 1.41. The zero-order valence-corrected chi connectivity index (χ0v) is 12.8. The maximum absolute atomic E-state index is 12.1. The molecule has 2 nitrogen and oxygen atoms in total. The number of rotatable bonds is 4. The summed E-state index contributed by atoms with van der Waals surface area (Å²) in [7, 11) is 3.56. The van der Waals surface area contributed by atoms with Gasteiger partial charge in [-0.15, -0.1) is 0 Å². The van der Waals surface area contributed by atoms with E-state index in [1.165, 1.54) is 4.90 Å². The van der Waals surface area contributed by atoms with E-state index in [0.29, 0.717) is 12.5 Å². The van der Waals surface area contributed by atoms with Crippen molar-refractivity contribution in [2.75, 3.05) is 40.2 Å². The minimum atomic E-state index is -4.67. The third-order valence-corrected chi connectivity index (χ3v) is 2.58. The normalized spacial score (nSPS) is 23.2. The third kappa shape index (κ3) is 7.36. The predicted octanol–water partition coefficient (Wildman–Crippen LogP) is -1.74. The van der Waals surface area contributed by atoms with Gasteiger partial charge in [0, 0.05) is 6.54 Å². The van der Waals surface area contributed by atoms with E-state index < -0.39 is 13.4 Å². The second-order valence-electron chi connectivity index (χ2n) is 4.35. The van der Waals surface area contributed by atoms with Gasteiger partial charge in [-0.3, -0.25) is 0 Å². The molecule has 0 aromatic heterocycles. The van der Waals surface area contributed by atoms with Crippen LogP contribution in [0.5, 0.6) is 0 Å². The topological polar surface area (TPSA) is 6.48 Å². The molecule has 0 amide bonds. The average Bonchev–Trinajstić information content (AvgIpc) is 2.30. The van der Waals surface area contributed by atoms with Gasteiger partial charge < -0.3 is 22.7 Å². The fourth-order valence-corrected chi connectivity index (χ4v) is 2.04. The van der Waals surface area contributed by atoms with Crippen LogP contribution in [0.4, 0.5) is 12.9 Å². The van der Waals surface area contributed by atoms with Crippen LogP contribution in [0.2, 0.25) is 0 Å². The minimum Gasteiger partial charge on any atom is -0.448 e. The number of likely N-dealkylation sites (tertiary alicyclic amines) is 1. The van der Waals surface area contributed by atoms with Crippen molar-refractivity contribution in [2.45, 2.75) is 6.42 Å². The van der Waals surface area contributed by atoms with Crippen LogP contribution in [-0.4, -0.2) is 57.0 Å². The number of hydrogen-bond acceptors (Lipinski definition) is 2. The summed E-state index contributed by atoms with van der Waals surface area (Å²) in [5.74, 6) is 0.406. The van der Waals surface area contributed by atoms with Crippen LogP contribution < -0.4 is 51.4 Å². The van der Waals surface area contributed by atoms with E-state index in [1.54, 1.807) is 7.05 Å². The van der Waals surface area contributed by atoms with Crippen molar-refractivity contribution in [1.29, 1.82) is 0 Å². The van der Waals surface area contributed by atoms with Crippen LogP contribution in [0, 0.1) is 5.92 Å². The van der Waals surface area contributed by atoms with Crippen molar-refractivity contribution in [2.24, 2.45) is 5.92 Å². The summed E-state index contributed by atoms with van der Waals surface area (Å²) in [5.41, 5.74) is 0. The molecular formula is C8H17BF3KN2. The van der Waals surface area contributed by atoms with E-state index in [0.717, 1.165) is 19.5 Å². The number of hydrogen-bond donors (Lipinski definition) is 0. The zero-order chi connectivity index (χ0) is 10.8. The van der Waals surface area contributed by atoms with Crippen LogP contribution in [-0.2, 0) is 0 Å². The molecule has 0 aromatic rings. The van der Waals surface area contributed by atoms with Gasteiger partial charge in [0.2, 0.25) is 0 Å². The molecule has 1 atom stereocenters. The Balaban J connectivity index is 0.00000196. The maximum atomic E-state index is 12.1. The predicted molar refractivity (Wildman–Crippen MR) is 52.2 cm³/mol. The van der Waals surface area contributed by atoms with Gasteiger partial charge in [-0.2, -0.15) is 0 Å². The summed E-state index contributed by atoms with van der Waals surface area (Å²) in [6, 6.07) is 0. The van der Waals surface area contributed by atoms with Gasteiger partial charge in [0.1, 0.15) is 0 Å². The van der Waals surface area contributed by atoms with Crippen molar-refractivity contribution in [3.63, 3.8) is 0 Å². The van der Waals surface area contributed by atoms with Crippen LogP contribution in [0.15, 0.2) is 0 Å². The molecule has 1 aliphatic rings. The molecule has 0 aliphatic carbocycles. The third-order valence-electron chi connectivity index (χ3n) is 2.58. The first kappa shape index (κ1) is 16.4. The second kappa shape index (κ2) is 6.98. The molecule has 0 radical (unpaired) electrons. The smallest absolute Gasteiger partial charge is 0.448 e. The van der Waals surface area contributed by atoms with Crippen molar-refractivity contribution in [3.05, 3.63) is 0 Å². The van der Waals surface area contributed by atoms with E-state index in [-0.39, 0.29) is 51.4 Å². The van der Waals surface area contributed by atoms with E-state index in [2.05, 4.69) is 4.90 Å². The Morgan fingerprint density at radius 2 is 2.00 bits per heavy atom. The van der Waals surface area contributed by atoms with Crippen molar-refractivity contribution in [1.82, 2.24) is 9.80 Å². The van der Waals surface area contributed by atoms with Crippen LogP contribution >= 0.6 is 0 Å². The Labute approximate surface area is 132 Å². The molecule has 1 heterocycles. The van der Waals surface area contributed by atoms with Crippen LogP contribution in [0.25, 0.3) is 0 Å². The molecule has 1 fully saturated rings. The molecule has 0 spiro atoms. The van der Waals surface area contributed by atoms with E-state index >= 15 is 0 Å². The molecule has 7 heteroatoms. The first-order valence-corrected chi connectivity index (χ1v) is 4.95.